The molecular weight excluding hydrogens is 487 g/mol. The molecule has 0 aliphatic carbocycles. The number of nitrogens with zero attached hydrogens (tertiary/aromatic N) is 1. The molecule has 9 nitrogen and oxygen atoms in total. The van der Waals surface area contributed by atoms with Gasteiger partial charge in [0, 0.05) is 0 Å². The lowest BCUT2D eigenvalue weighted by molar-refractivity contribution is -0.141. The van der Waals surface area contributed by atoms with Crippen LogP contribution in [0.4, 0.5) is 0 Å². The van der Waals surface area contributed by atoms with Crippen LogP contribution < -0.4 is 19.9 Å². The summed E-state index contributed by atoms with van der Waals surface area (Å²) in [6, 6.07) is 17.9. The number of nitrogens with two attached hydrogens (primary N) is 1. The van der Waals surface area contributed by atoms with Crippen LogP contribution in [-0.4, -0.2) is 53.2 Å². The Hall–Kier alpha value is -4.02. The summed E-state index contributed by atoms with van der Waals surface area (Å²) >= 11 is 0. The van der Waals surface area contributed by atoms with Crippen molar-refractivity contribution in [2.75, 3.05) is 13.1 Å². The Balaban J connectivity index is 1.19. The van der Waals surface area contributed by atoms with Gasteiger partial charge >= 0.3 is 13.1 Å². The SMILES string of the molecule is Cc1cc(OCc2ccccc2)ccc1C(N)C(=O)N1CC(Oc2ccc3c(c2C(=O)O)OB(O)CC3)C1. The number of likely N-dealkylation sites (tertiary alicyclic amines) is 1. The first-order chi connectivity index (χ1) is 18.3. The predicted molar refractivity (Wildman–Crippen MR) is 140 cm³/mol. The van der Waals surface area contributed by atoms with Crippen LogP contribution in [0.2, 0.25) is 6.32 Å². The summed E-state index contributed by atoms with van der Waals surface area (Å²) in [5.41, 5.74) is 9.55. The van der Waals surface area contributed by atoms with Gasteiger partial charge in [-0.05, 0) is 60.1 Å². The predicted octanol–water partition coefficient (Wildman–Crippen LogP) is 2.98. The van der Waals surface area contributed by atoms with E-state index in [1.54, 1.807) is 17.0 Å². The Morgan fingerprint density at radius 3 is 2.63 bits per heavy atom. The van der Waals surface area contributed by atoms with Crippen molar-refractivity contribution in [3.63, 3.8) is 0 Å². The molecule has 0 bridgehead atoms. The molecule has 38 heavy (non-hydrogen) atoms. The van der Waals surface area contributed by atoms with Crippen LogP contribution in [0.3, 0.4) is 0 Å². The summed E-state index contributed by atoms with van der Waals surface area (Å²) in [6.07, 6.45) is 0.528. The quantitative estimate of drug-likeness (QED) is 0.390. The highest BCUT2D eigenvalue weighted by molar-refractivity contribution is 6.44. The third-order valence-corrected chi connectivity index (χ3v) is 6.87. The summed E-state index contributed by atoms with van der Waals surface area (Å²) in [5.74, 6) is -0.459. The van der Waals surface area contributed by atoms with E-state index in [4.69, 9.17) is 19.9 Å². The number of hydrogen-bond acceptors (Lipinski definition) is 7. The van der Waals surface area contributed by atoms with Gasteiger partial charge in [-0.1, -0.05) is 42.5 Å². The first-order valence-corrected chi connectivity index (χ1v) is 12.5. The van der Waals surface area contributed by atoms with Crippen LogP contribution in [0.5, 0.6) is 17.2 Å². The van der Waals surface area contributed by atoms with E-state index in [1.165, 1.54) is 0 Å². The molecule has 1 saturated heterocycles. The van der Waals surface area contributed by atoms with Crippen molar-refractivity contribution in [2.45, 2.75) is 38.4 Å². The zero-order valence-electron chi connectivity index (χ0n) is 21.0. The first-order valence-electron chi connectivity index (χ1n) is 12.5. The lowest BCUT2D eigenvalue weighted by atomic mass is 9.78. The number of carbonyl (C=O) groups is 2. The van der Waals surface area contributed by atoms with E-state index in [-0.39, 0.29) is 42.2 Å². The molecule has 3 aromatic rings. The topological polar surface area (TPSA) is 132 Å². The van der Waals surface area contributed by atoms with Crippen molar-refractivity contribution >= 4 is 19.0 Å². The Kier molecular flexibility index (Phi) is 7.26. The second kappa shape index (κ2) is 10.8. The zero-order chi connectivity index (χ0) is 26.8. The lowest BCUT2D eigenvalue weighted by Crippen LogP contribution is -2.58. The number of aryl methyl sites for hydroxylation is 2. The molecule has 10 heteroatoms. The molecular formula is C28H29BN2O7. The maximum Gasteiger partial charge on any atom is 0.522 e. The van der Waals surface area contributed by atoms with Gasteiger partial charge in [-0.3, -0.25) is 4.79 Å². The van der Waals surface area contributed by atoms with Crippen molar-refractivity contribution in [3.8, 4) is 17.2 Å². The minimum absolute atomic E-state index is 0.118. The number of rotatable bonds is 8. The molecule has 2 aliphatic rings. The molecule has 196 valence electrons. The highest BCUT2D eigenvalue weighted by Crippen LogP contribution is 2.37. The Morgan fingerprint density at radius 1 is 1.16 bits per heavy atom. The fourth-order valence-corrected chi connectivity index (χ4v) is 4.74. The number of carboxylic acid groups (broad SMARTS) is 1. The number of fused-ring (bicyclic) bond motifs is 1. The second-order valence-electron chi connectivity index (χ2n) is 9.60. The van der Waals surface area contributed by atoms with Gasteiger partial charge in [0.1, 0.15) is 41.6 Å². The minimum Gasteiger partial charge on any atom is -0.535 e. The largest absolute Gasteiger partial charge is 0.535 e. The highest BCUT2D eigenvalue weighted by Gasteiger charge is 2.37. The molecule has 1 fully saturated rings. The van der Waals surface area contributed by atoms with Crippen LogP contribution in [0.25, 0.3) is 0 Å². The maximum atomic E-state index is 13.0. The van der Waals surface area contributed by atoms with Gasteiger partial charge in [-0.25, -0.2) is 4.79 Å². The minimum atomic E-state index is -1.20. The van der Waals surface area contributed by atoms with Crippen molar-refractivity contribution in [3.05, 3.63) is 88.5 Å². The monoisotopic (exact) mass is 516 g/mol. The standard InChI is InChI=1S/C28H29BN2O7/c1-17-13-20(36-16-18-5-3-2-4-6-18)8-9-22(17)25(30)27(32)31-14-21(15-31)37-23-10-7-19-11-12-29(35)38-26(19)24(23)28(33)34/h2-10,13,21,25,35H,11-12,14-16,30H2,1H3,(H,33,34). The first kappa shape index (κ1) is 25.6. The number of aromatic carboxylic acids is 1. The average Bonchev–Trinajstić information content (AvgIpc) is 2.88. The Labute approximate surface area is 220 Å². The number of carbonyl (C=O) groups excluding carboxylic acids is 1. The molecule has 2 heterocycles. The molecule has 0 radical (unpaired) electrons. The van der Waals surface area contributed by atoms with Crippen molar-refractivity contribution in [2.24, 2.45) is 5.73 Å². The maximum absolute atomic E-state index is 13.0. The van der Waals surface area contributed by atoms with E-state index >= 15 is 0 Å². The highest BCUT2D eigenvalue weighted by atomic mass is 16.5. The van der Waals surface area contributed by atoms with E-state index in [9.17, 15) is 19.7 Å². The van der Waals surface area contributed by atoms with Gasteiger partial charge < -0.3 is 34.9 Å². The van der Waals surface area contributed by atoms with E-state index in [2.05, 4.69) is 0 Å². The third-order valence-electron chi connectivity index (χ3n) is 6.87. The summed E-state index contributed by atoms with van der Waals surface area (Å²) in [7, 11) is -1.05. The molecule has 2 aliphatic heterocycles. The van der Waals surface area contributed by atoms with Crippen LogP contribution in [0, 0.1) is 6.92 Å². The smallest absolute Gasteiger partial charge is 0.522 e. The molecule has 1 atom stereocenters. The molecule has 1 unspecified atom stereocenters. The van der Waals surface area contributed by atoms with Crippen molar-refractivity contribution in [1.82, 2.24) is 4.90 Å². The fourth-order valence-electron chi connectivity index (χ4n) is 4.74. The van der Waals surface area contributed by atoms with E-state index < -0.39 is 19.1 Å². The third kappa shape index (κ3) is 5.32. The van der Waals surface area contributed by atoms with E-state index in [1.807, 2.05) is 55.5 Å². The molecule has 0 saturated carbocycles. The number of carboxylic acids is 1. The van der Waals surface area contributed by atoms with Crippen molar-refractivity contribution in [1.29, 1.82) is 0 Å². The van der Waals surface area contributed by atoms with E-state index in [0.717, 1.165) is 11.1 Å². The van der Waals surface area contributed by atoms with Gasteiger partial charge in [0.25, 0.3) is 0 Å². The Morgan fingerprint density at radius 2 is 1.92 bits per heavy atom. The molecule has 3 aromatic carbocycles. The van der Waals surface area contributed by atoms with Crippen molar-refractivity contribution < 1.29 is 33.8 Å². The van der Waals surface area contributed by atoms with Crippen LogP contribution in [0.15, 0.2) is 60.7 Å². The molecule has 4 N–H and O–H groups in total. The summed E-state index contributed by atoms with van der Waals surface area (Å²) in [6.45, 7) is 2.90. The summed E-state index contributed by atoms with van der Waals surface area (Å²) < 4.78 is 17.2. The molecule has 1 amide bonds. The lowest BCUT2D eigenvalue weighted by Gasteiger charge is -2.40. The van der Waals surface area contributed by atoms with Gasteiger partial charge in [0.05, 0.1) is 13.1 Å². The van der Waals surface area contributed by atoms with Gasteiger partial charge in [-0.15, -0.1) is 0 Å². The molecule has 0 aromatic heterocycles. The van der Waals surface area contributed by atoms with Gasteiger partial charge in [0.2, 0.25) is 5.91 Å². The number of benzene rings is 3. The molecule has 5 rings (SSSR count). The van der Waals surface area contributed by atoms with Gasteiger partial charge in [0.15, 0.2) is 0 Å². The Bertz CT molecular complexity index is 1340. The summed E-state index contributed by atoms with van der Waals surface area (Å²) in [5, 5.41) is 19.6. The summed E-state index contributed by atoms with van der Waals surface area (Å²) in [4.78, 5) is 26.6. The van der Waals surface area contributed by atoms with E-state index in [0.29, 0.717) is 36.2 Å². The number of ether oxygens (including phenoxy) is 2. The number of hydrogen-bond donors (Lipinski definition) is 3. The van der Waals surface area contributed by atoms with Gasteiger partial charge in [-0.2, -0.15) is 0 Å². The normalized spacial score (nSPS) is 15.7. The zero-order valence-corrected chi connectivity index (χ0v) is 21.0. The second-order valence-corrected chi connectivity index (χ2v) is 9.60. The number of amides is 1. The van der Waals surface area contributed by atoms with Crippen LogP contribution >= 0.6 is 0 Å². The molecule has 0 spiro atoms. The fraction of sp³-hybridized carbons (Fsp3) is 0.286. The van der Waals surface area contributed by atoms with Crippen LogP contribution in [0.1, 0.15) is 38.7 Å². The average molecular weight is 516 g/mol. The van der Waals surface area contributed by atoms with Crippen LogP contribution in [-0.2, 0) is 17.8 Å².